The molecular formula is C11H12N2. The van der Waals surface area contributed by atoms with Crippen LogP contribution in [-0.4, -0.2) is 12.0 Å². The van der Waals surface area contributed by atoms with E-state index in [2.05, 4.69) is 28.5 Å². The van der Waals surface area contributed by atoms with Gasteiger partial charge in [-0.05, 0) is 29.8 Å². The van der Waals surface area contributed by atoms with E-state index in [1.54, 1.807) is 0 Å². The standard InChI is InChI=1S/C11H12N2/c1-12-10-5-2-4-9(8-10)11-6-3-7-13-11/h2-8,12-13H,1H3. The fourth-order valence-electron chi connectivity index (χ4n) is 1.35. The van der Waals surface area contributed by atoms with Crippen molar-refractivity contribution in [1.29, 1.82) is 0 Å². The third kappa shape index (κ3) is 1.56. The van der Waals surface area contributed by atoms with Crippen molar-refractivity contribution in [2.24, 2.45) is 0 Å². The van der Waals surface area contributed by atoms with E-state index in [9.17, 15) is 0 Å². The summed E-state index contributed by atoms with van der Waals surface area (Å²) in [5.41, 5.74) is 3.49. The van der Waals surface area contributed by atoms with Crippen molar-refractivity contribution in [2.45, 2.75) is 0 Å². The molecule has 0 amide bonds. The summed E-state index contributed by atoms with van der Waals surface area (Å²) in [5, 5.41) is 3.12. The van der Waals surface area contributed by atoms with Crippen molar-refractivity contribution in [3.8, 4) is 11.3 Å². The normalized spacial score (nSPS) is 9.92. The number of H-pyrrole nitrogens is 1. The summed E-state index contributed by atoms with van der Waals surface area (Å²) in [4.78, 5) is 3.18. The summed E-state index contributed by atoms with van der Waals surface area (Å²) >= 11 is 0. The monoisotopic (exact) mass is 172 g/mol. The summed E-state index contributed by atoms with van der Waals surface area (Å²) in [6.45, 7) is 0. The molecule has 13 heavy (non-hydrogen) atoms. The molecular weight excluding hydrogens is 160 g/mol. The predicted octanol–water partition coefficient (Wildman–Crippen LogP) is 2.72. The van der Waals surface area contributed by atoms with Crippen LogP contribution in [0.25, 0.3) is 11.3 Å². The highest BCUT2D eigenvalue weighted by molar-refractivity contribution is 5.64. The number of aromatic nitrogens is 1. The maximum atomic E-state index is 3.18. The van der Waals surface area contributed by atoms with Crippen LogP contribution >= 0.6 is 0 Å². The predicted molar refractivity (Wildman–Crippen MR) is 55.8 cm³/mol. The molecule has 2 rings (SSSR count). The minimum atomic E-state index is 1.13. The van der Waals surface area contributed by atoms with E-state index in [1.165, 1.54) is 5.56 Å². The highest BCUT2D eigenvalue weighted by atomic mass is 14.8. The Morgan fingerprint density at radius 2 is 2.08 bits per heavy atom. The molecule has 0 unspecified atom stereocenters. The molecule has 1 heterocycles. The average molecular weight is 172 g/mol. The summed E-state index contributed by atoms with van der Waals surface area (Å²) in [5.74, 6) is 0. The molecule has 0 aliphatic heterocycles. The zero-order valence-electron chi connectivity index (χ0n) is 7.54. The first-order chi connectivity index (χ1) is 6.40. The smallest absolute Gasteiger partial charge is 0.0454 e. The van der Waals surface area contributed by atoms with Gasteiger partial charge in [0.15, 0.2) is 0 Å². The Morgan fingerprint density at radius 3 is 2.77 bits per heavy atom. The maximum absolute atomic E-state index is 3.18. The van der Waals surface area contributed by atoms with E-state index in [-0.39, 0.29) is 0 Å². The molecule has 0 fully saturated rings. The molecule has 2 heteroatoms. The van der Waals surface area contributed by atoms with Crippen LogP contribution in [0, 0.1) is 0 Å². The van der Waals surface area contributed by atoms with Crippen LogP contribution in [0.3, 0.4) is 0 Å². The Hall–Kier alpha value is -1.70. The van der Waals surface area contributed by atoms with Gasteiger partial charge in [0.2, 0.25) is 0 Å². The van der Waals surface area contributed by atoms with Gasteiger partial charge in [-0.2, -0.15) is 0 Å². The Bertz CT molecular complexity index is 377. The second-order valence-electron chi connectivity index (χ2n) is 2.91. The molecule has 2 aromatic rings. The largest absolute Gasteiger partial charge is 0.388 e. The minimum absolute atomic E-state index is 1.13. The first-order valence-electron chi connectivity index (χ1n) is 4.32. The molecule has 1 aromatic heterocycles. The summed E-state index contributed by atoms with van der Waals surface area (Å²) in [6, 6.07) is 12.4. The van der Waals surface area contributed by atoms with Gasteiger partial charge in [0, 0.05) is 24.6 Å². The van der Waals surface area contributed by atoms with E-state index in [1.807, 2.05) is 31.4 Å². The molecule has 0 aliphatic carbocycles. The van der Waals surface area contributed by atoms with Gasteiger partial charge in [-0.15, -0.1) is 0 Å². The van der Waals surface area contributed by atoms with Gasteiger partial charge in [-0.25, -0.2) is 0 Å². The van der Waals surface area contributed by atoms with E-state index in [0.717, 1.165) is 11.4 Å². The Balaban J connectivity index is 2.41. The van der Waals surface area contributed by atoms with Crippen molar-refractivity contribution in [2.75, 3.05) is 12.4 Å². The fourth-order valence-corrected chi connectivity index (χ4v) is 1.35. The quantitative estimate of drug-likeness (QED) is 0.716. The molecule has 2 N–H and O–H groups in total. The van der Waals surface area contributed by atoms with Gasteiger partial charge in [0.05, 0.1) is 0 Å². The van der Waals surface area contributed by atoms with Gasteiger partial charge in [-0.1, -0.05) is 12.1 Å². The van der Waals surface area contributed by atoms with E-state index < -0.39 is 0 Å². The average Bonchev–Trinajstić information content (AvgIpc) is 2.71. The minimum Gasteiger partial charge on any atom is -0.388 e. The molecule has 66 valence electrons. The lowest BCUT2D eigenvalue weighted by molar-refractivity contribution is 1.40. The Morgan fingerprint density at radius 1 is 1.15 bits per heavy atom. The molecule has 0 spiro atoms. The molecule has 1 aromatic carbocycles. The molecule has 0 aliphatic rings. The summed E-state index contributed by atoms with van der Waals surface area (Å²) in [7, 11) is 1.92. The number of hydrogen-bond acceptors (Lipinski definition) is 1. The van der Waals surface area contributed by atoms with Crippen LogP contribution in [0.5, 0.6) is 0 Å². The zero-order chi connectivity index (χ0) is 9.10. The molecule has 0 saturated carbocycles. The lowest BCUT2D eigenvalue weighted by atomic mass is 10.1. The SMILES string of the molecule is CNc1cccc(-c2ccc[nH]2)c1. The lowest BCUT2D eigenvalue weighted by Gasteiger charge is -2.02. The molecule has 0 atom stereocenters. The first kappa shape index (κ1) is 7.92. The third-order valence-corrected chi connectivity index (χ3v) is 2.06. The third-order valence-electron chi connectivity index (χ3n) is 2.06. The van der Waals surface area contributed by atoms with Crippen molar-refractivity contribution in [3.05, 3.63) is 42.6 Å². The maximum Gasteiger partial charge on any atom is 0.0454 e. The van der Waals surface area contributed by atoms with Gasteiger partial charge in [0.1, 0.15) is 0 Å². The van der Waals surface area contributed by atoms with E-state index in [4.69, 9.17) is 0 Å². The topological polar surface area (TPSA) is 27.8 Å². The van der Waals surface area contributed by atoms with Gasteiger partial charge >= 0.3 is 0 Å². The second kappa shape index (κ2) is 3.35. The summed E-state index contributed by atoms with van der Waals surface area (Å²) < 4.78 is 0. The van der Waals surface area contributed by atoms with E-state index >= 15 is 0 Å². The van der Waals surface area contributed by atoms with Gasteiger partial charge in [0.25, 0.3) is 0 Å². The van der Waals surface area contributed by atoms with Crippen LogP contribution in [0.15, 0.2) is 42.6 Å². The van der Waals surface area contributed by atoms with Crippen molar-refractivity contribution >= 4 is 5.69 Å². The number of hydrogen-bond donors (Lipinski definition) is 2. The van der Waals surface area contributed by atoms with Crippen LogP contribution in [0.4, 0.5) is 5.69 Å². The highest BCUT2D eigenvalue weighted by Gasteiger charge is 1.97. The number of rotatable bonds is 2. The first-order valence-corrected chi connectivity index (χ1v) is 4.32. The zero-order valence-corrected chi connectivity index (χ0v) is 7.54. The van der Waals surface area contributed by atoms with Crippen LogP contribution in [-0.2, 0) is 0 Å². The molecule has 0 radical (unpaired) electrons. The molecule has 0 bridgehead atoms. The van der Waals surface area contributed by atoms with Crippen LogP contribution in [0.1, 0.15) is 0 Å². The van der Waals surface area contributed by atoms with Gasteiger partial charge in [-0.3, -0.25) is 0 Å². The Kier molecular flexibility index (Phi) is 2.04. The highest BCUT2D eigenvalue weighted by Crippen LogP contribution is 2.20. The number of nitrogens with one attached hydrogen (secondary N) is 2. The van der Waals surface area contributed by atoms with Gasteiger partial charge < -0.3 is 10.3 Å². The van der Waals surface area contributed by atoms with Crippen molar-refractivity contribution < 1.29 is 0 Å². The van der Waals surface area contributed by atoms with Crippen LogP contribution in [0.2, 0.25) is 0 Å². The number of anilines is 1. The summed E-state index contributed by atoms with van der Waals surface area (Å²) in [6.07, 6.45) is 1.93. The lowest BCUT2D eigenvalue weighted by Crippen LogP contribution is -1.87. The Labute approximate surface area is 77.6 Å². The second-order valence-corrected chi connectivity index (χ2v) is 2.91. The van der Waals surface area contributed by atoms with Crippen molar-refractivity contribution in [3.63, 3.8) is 0 Å². The van der Waals surface area contributed by atoms with E-state index in [0.29, 0.717) is 0 Å². The number of benzene rings is 1. The van der Waals surface area contributed by atoms with Crippen LogP contribution < -0.4 is 5.32 Å². The molecule has 2 nitrogen and oxygen atoms in total. The van der Waals surface area contributed by atoms with Crippen molar-refractivity contribution in [1.82, 2.24) is 4.98 Å². The number of aromatic amines is 1. The molecule has 0 saturated heterocycles. The fraction of sp³-hybridized carbons (Fsp3) is 0.0909.